The lowest BCUT2D eigenvalue weighted by atomic mass is 10.2. The number of hydrogen-bond acceptors (Lipinski definition) is 6. The van der Waals surface area contributed by atoms with E-state index in [-0.39, 0.29) is 5.91 Å². The molecule has 1 amide bonds. The lowest BCUT2D eigenvalue weighted by molar-refractivity contribution is -0.117. The Kier molecular flexibility index (Phi) is 7.31. The molecule has 0 unspecified atom stereocenters. The minimum Gasteiger partial charge on any atom is -0.340 e. The molecule has 0 bridgehead atoms. The number of nitrogens with one attached hydrogen (secondary N) is 2. The van der Waals surface area contributed by atoms with Crippen molar-refractivity contribution in [2.24, 2.45) is 0 Å². The molecule has 1 aromatic heterocycles. The van der Waals surface area contributed by atoms with E-state index in [1.807, 2.05) is 30.3 Å². The van der Waals surface area contributed by atoms with Gasteiger partial charge in [-0.15, -0.1) is 0 Å². The first-order valence-electron chi connectivity index (χ1n) is 10.5. The Balaban J connectivity index is 1.49. The van der Waals surface area contributed by atoms with Crippen molar-refractivity contribution in [2.75, 3.05) is 50.4 Å². The number of fused-ring (bicyclic) bond motifs is 1. The van der Waals surface area contributed by atoms with Gasteiger partial charge in [0.15, 0.2) is 0 Å². The number of likely N-dealkylation sites (N-methyl/N-ethyl adjacent to an activating group) is 1. The van der Waals surface area contributed by atoms with Crippen LogP contribution in [-0.2, 0) is 9.22 Å². The molecule has 0 spiro atoms. The minimum atomic E-state index is 0.00464. The van der Waals surface area contributed by atoms with Crippen molar-refractivity contribution >= 4 is 56.6 Å². The van der Waals surface area contributed by atoms with Crippen LogP contribution in [0.2, 0.25) is 0 Å². The van der Waals surface area contributed by atoms with Crippen LogP contribution in [0.25, 0.3) is 10.9 Å². The van der Waals surface area contributed by atoms with Gasteiger partial charge in [-0.3, -0.25) is 9.69 Å². The van der Waals surface area contributed by atoms with Crippen molar-refractivity contribution in [1.29, 1.82) is 0 Å². The van der Waals surface area contributed by atoms with Gasteiger partial charge in [0.1, 0.15) is 12.1 Å². The summed E-state index contributed by atoms with van der Waals surface area (Å²) >= 11 is 2.35. The average molecular weight is 530 g/mol. The van der Waals surface area contributed by atoms with E-state index in [9.17, 15) is 4.79 Å². The highest BCUT2D eigenvalue weighted by Crippen LogP contribution is 2.26. The third-order valence-electron chi connectivity index (χ3n) is 5.44. The molecular formula is C23H27IN6O. The number of benzene rings is 2. The van der Waals surface area contributed by atoms with Crippen LogP contribution in [0.15, 0.2) is 48.8 Å². The van der Waals surface area contributed by atoms with E-state index in [4.69, 9.17) is 0 Å². The molecule has 1 fully saturated rings. The van der Waals surface area contributed by atoms with Crippen LogP contribution in [0.3, 0.4) is 0 Å². The maximum atomic E-state index is 12.6. The Morgan fingerprint density at radius 2 is 1.97 bits per heavy atom. The molecule has 4 rings (SSSR count). The smallest absolute Gasteiger partial charge is 0.238 e. The highest BCUT2D eigenvalue weighted by atomic mass is 127. The number of carbonyl (C=O) groups is 1. The molecule has 2 heterocycles. The summed E-state index contributed by atoms with van der Waals surface area (Å²) in [5, 5.41) is 7.31. The van der Waals surface area contributed by atoms with Crippen LogP contribution in [0.5, 0.6) is 0 Å². The summed E-state index contributed by atoms with van der Waals surface area (Å²) in [4.78, 5) is 26.0. The highest BCUT2D eigenvalue weighted by Gasteiger charge is 2.15. The summed E-state index contributed by atoms with van der Waals surface area (Å²) in [6.07, 6.45) is 2.65. The van der Waals surface area contributed by atoms with E-state index in [0.29, 0.717) is 6.54 Å². The van der Waals surface area contributed by atoms with Crippen molar-refractivity contribution in [1.82, 2.24) is 19.8 Å². The molecule has 2 aromatic carbocycles. The molecule has 1 aliphatic rings. The number of amides is 1. The average Bonchev–Trinajstić information content (AvgIpc) is 2.98. The lowest BCUT2D eigenvalue weighted by Gasteiger charge is -2.19. The van der Waals surface area contributed by atoms with E-state index in [0.717, 1.165) is 65.1 Å². The Labute approximate surface area is 196 Å². The molecule has 2 N–H and O–H groups in total. The molecule has 1 aliphatic heterocycles. The molecule has 8 heteroatoms. The fourth-order valence-corrected chi connectivity index (χ4v) is 4.24. The summed E-state index contributed by atoms with van der Waals surface area (Å²) in [5.74, 6) is 0.729. The van der Waals surface area contributed by atoms with Gasteiger partial charge >= 0.3 is 0 Å². The molecule has 3 aromatic rings. The molecule has 1 saturated heterocycles. The third-order valence-corrected chi connectivity index (χ3v) is 6.32. The number of anilines is 3. The first-order chi connectivity index (χ1) is 15.1. The van der Waals surface area contributed by atoms with E-state index in [1.54, 1.807) is 6.33 Å². The van der Waals surface area contributed by atoms with Gasteiger partial charge in [-0.1, -0.05) is 34.7 Å². The molecule has 0 atom stereocenters. The molecule has 0 aliphatic carbocycles. The van der Waals surface area contributed by atoms with Crippen molar-refractivity contribution in [3.05, 3.63) is 54.4 Å². The van der Waals surface area contributed by atoms with Crippen LogP contribution in [0.4, 0.5) is 17.2 Å². The van der Waals surface area contributed by atoms with Gasteiger partial charge in [0, 0.05) is 34.3 Å². The Hall–Kier alpha value is -2.30. The quantitative estimate of drug-likeness (QED) is 0.373. The third kappa shape index (κ3) is 5.90. The van der Waals surface area contributed by atoms with Crippen LogP contribution < -0.4 is 10.6 Å². The second kappa shape index (κ2) is 10.3. The Morgan fingerprint density at radius 1 is 1.06 bits per heavy atom. The first-order valence-corrected chi connectivity index (χ1v) is 12.0. The van der Waals surface area contributed by atoms with E-state index in [2.05, 4.69) is 72.2 Å². The number of rotatable bonds is 6. The van der Waals surface area contributed by atoms with Crippen LogP contribution in [0, 0.1) is 0 Å². The molecule has 0 radical (unpaired) electrons. The number of aromatic nitrogens is 2. The number of hydrogen-bond donors (Lipinski definition) is 2. The standard InChI is InChI=1S/C23H27IN6O/c1-29-8-3-9-30(11-10-29)15-22(31)27-19-6-7-21-20(13-19)23(26-16-25-21)28-18-5-2-4-17(12-18)14-24/h2,4-7,12-13,16H,3,8-11,14-15H2,1H3,(H,27,31)(H,25,26,28). The fraction of sp³-hybridized carbons (Fsp3) is 0.348. The predicted molar refractivity (Wildman–Crippen MR) is 134 cm³/mol. The predicted octanol–water partition coefficient (Wildman–Crippen LogP) is 3.88. The van der Waals surface area contributed by atoms with E-state index < -0.39 is 0 Å². The Bertz CT molecular complexity index is 1060. The maximum Gasteiger partial charge on any atom is 0.238 e. The monoisotopic (exact) mass is 530 g/mol. The highest BCUT2D eigenvalue weighted by molar-refractivity contribution is 14.1. The summed E-state index contributed by atoms with van der Waals surface area (Å²) in [5.41, 5.74) is 3.81. The maximum absolute atomic E-state index is 12.6. The zero-order valence-electron chi connectivity index (χ0n) is 17.6. The number of carbonyl (C=O) groups excluding carboxylic acids is 1. The second-order valence-corrected chi connectivity index (χ2v) is 8.66. The molecule has 162 valence electrons. The van der Waals surface area contributed by atoms with Gasteiger partial charge < -0.3 is 15.5 Å². The van der Waals surface area contributed by atoms with Gasteiger partial charge in [-0.2, -0.15) is 0 Å². The van der Waals surface area contributed by atoms with Gasteiger partial charge in [-0.25, -0.2) is 9.97 Å². The van der Waals surface area contributed by atoms with Gasteiger partial charge in [-0.05, 0) is 62.5 Å². The van der Waals surface area contributed by atoms with E-state index in [1.165, 1.54) is 5.56 Å². The Morgan fingerprint density at radius 3 is 2.84 bits per heavy atom. The molecular weight excluding hydrogens is 503 g/mol. The largest absolute Gasteiger partial charge is 0.340 e. The molecule has 31 heavy (non-hydrogen) atoms. The van der Waals surface area contributed by atoms with E-state index >= 15 is 0 Å². The van der Waals surface area contributed by atoms with Gasteiger partial charge in [0.05, 0.1) is 12.1 Å². The van der Waals surface area contributed by atoms with Gasteiger partial charge in [0.2, 0.25) is 5.91 Å². The summed E-state index contributed by atoms with van der Waals surface area (Å²) in [6.45, 7) is 4.35. The number of halogens is 1. The summed E-state index contributed by atoms with van der Waals surface area (Å²) < 4.78 is 0.946. The SMILES string of the molecule is CN1CCCN(CC(=O)Nc2ccc3ncnc(Nc4cccc(CI)c4)c3c2)CC1. The van der Waals surface area contributed by atoms with Crippen molar-refractivity contribution in [2.45, 2.75) is 10.8 Å². The molecule has 0 saturated carbocycles. The fourth-order valence-electron chi connectivity index (χ4n) is 3.76. The van der Waals surface area contributed by atoms with Crippen molar-refractivity contribution < 1.29 is 4.79 Å². The first kappa shape index (κ1) is 21.9. The zero-order valence-corrected chi connectivity index (χ0v) is 19.8. The van der Waals surface area contributed by atoms with Crippen LogP contribution >= 0.6 is 22.6 Å². The topological polar surface area (TPSA) is 73.4 Å². The minimum absolute atomic E-state index is 0.00464. The number of nitrogens with zero attached hydrogens (tertiary/aromatic N) is 4. The van der Waals surface area contributed by atoms with Crippen molar-refractivity contribution in [3.63, 3.8) is 0 Å². The normalized spacial score (nSPS) is 15.5. The van der Waals surface area contributed by atoms with Crippen molar-refractivity contribution in [3.8, 4) is 0 Å². The summed E-state index contributed by atoms with van der Waals surface area (Å²) in [6, 6.07) is 14.0. The summed E-state index contributed by atoms with van der Waals surface area (Å²) in [7, 11) is 2.13. The molecule has 7 nitrogen and oxygen atoms in total. The van der Waals surface area contributed by atoms with Crippen LogP contribution in [0.1, 0.15) is 12.0 Å². The van der Waals surface area contributed by atoms with Crippen LogP contribution in [-0.4, -0.2) is 65.4 Å². The van der Waals surface area contributed by atoms with Gasteiger partial charge in [0.25, 0.3) is 0 Å². The zero-order chi connectivity index (χ0) is 21.6. The lowest BCUT2D eigenvalue weighted by Crippen LogP contribution is -2.35. The second-order valence-electron chi connectivity index (χ2n) is 7.89. The number of alkyl halides is 1.